The molecule has 32 heavy (non-hydrogen) atoms. The highest BCUT2D eigenvalue weighted by Gasteiger charge is 2.50. The van der Waals surface area contributed by atoms with Crippen molar-refractivity contribution in [3.63, 3.8) is 0 Å². The molecule has 0 N–H and O–H groups in total. The van der Waals surface area contributed by atoms with Gasteiger partial charge in [0.15, 0.2) is 5.75 Å². The second-order valence-corrected chi connectivity index (χ2v) is 10.5. The number of aryl methyl sites for hydroxylation is 1. The van der Waals surface area contributed by atoms with Gasteiger partial charge < -0.3 is 19.3 Å². The van der Waals surface area contributed by atoms with Crippen molar-refractivity contribution in [1.82, 2.24) is 9.80 Å². The molecule has 1 amide bonds. The predicted octanol–water partition coefficient (Wildman–Crippen LogP) is 3.43. The van der Waals surface area contributed by atoms with Crippen molar-refractivity contribution >= 4 is 17.5 Å². The summed E-state index contributed by atoms with van der Waals surface area (Å²) in [7, 11) is 1.47. The number of methoxy groups -OCH3 is 1. The molecule has 3 aliphatic rings. The lowest BCUT2D eigenvalue weighted by atomic mass is 9.71. The number of hydrogen-bond acceptors (Lipinski definition) is 7. The van der Waals surface area contributed by atoms with Gasteiger partial charge in [0, 0.05) is 63.1 Å². The average Bonchev–Trinajstić information content (AvgIpc) is 2.64. The number of nitro groups is 1. The van der Waals surface area contributed by atoms with E-state index in [-0.39, 0.29) is 11.8 Å². The number of benzene rings is 1. The van der Waals surface area contributed by atoms with Gasteiger partial charge in [0.1, 0.15) is 5.60 Å². The second kappa shape index (κ2) is 8.10. The lowest BCUT2D eigenvalue weighted by Crippen LogP contribution is -2.70. The van der Waals surface area contributed by atoms with E-state index in [4.69, 9.17) is 9.47 Å². The maximum Gasteiger partial charge on any atom is 0.410 e. The van der Waals surface area contributed by atoms with Crippen LogP contribution in [0.15, 0.2) is 12.1 Å². The Kier molecular flexibility index (Phi) is 5.73. The van der Waals surface area contributed by atoms with Crippen molar-refractivity contribution in [2.24, 2.45) is 5.41 Å². The van der Waals surface area contributed by atoms with E-state index in [2.05, 4.69) is 9.80 Å². The largest absolute Gasteiger partial charge is 0.490 e. The molecule has 3 fully saturated rings. The fraction of sp³-hybridized carbons (Fsp3) is 0.696. The number of anilines is 1. The van der Waals surface area contributed by atoms with E-state index >= 15 is 0 Å². The van der Waals surface area contributed by atoms with Crippen LogP contribution in [0.1, 0.15) is 39.2 Å². The van der Waals surface area contributed by atoms with Gasteiger partial charge in [-0.3, -0.25) is 15.0 Å². The number of nitrogens with zero attached hydrogens (tertiary/aromatic N) is 4. The Morgan fingerprint density at radius 2 is 1.81 bits per heavy atom. The van der Waals surface area contributed by atoms with Gasteiger partial charge in [0.25, 0.3) is 0 Å². The summed E-state index contributed by atoms with van der Waals surface area (Å²) in [4.78, 5) is 29.6. The van der Waals surface area contributed by atoms with Crippen LogP contribution in [0.5, 0.6) is 5.75 Å². The predicted molar refractivity (Wildman–Crippen MR) is 121 cm³/mol. The molecule has 3 aliphatic heterocycles. The third-order valence-electron chi connectivity index (χ3n) is 6.97. The molecule has 0 aliphatic carbocycles. The highest BCUT2D eigenvalue weighted by atomic mass is 16.6. The number of likely N-dealkylation sites (tertiary alicyclic amines) is 2. The van der Waals surface area contributed by atoms with Crippen molar-refractivity contribution in [2.45, 2.75) is 52.2 Å². The van der Waals surface area contributed by atoms with Gasteiger partial charge in [-0.05, 0) is 51.5 Å². The first kappa shape index (κ1) is 22.6. The number of carbonyl (C=O) groups is 1. The minimum Gasteiger partial charge on any atom is -0.490 e. The van der Waals surface area contributed by atoms with E-state index in [0.717, 1.165) is 63.4 Å². The zero-order valence-corrected chi connectivity index (χ0v) is 19.7. The van der Waals surface area contributed by atoms with Gasteiger partial charge in [0.2, 0.25) is 0 Å². The number of hydrogen-bond donors (Lipinski definition) is 0. The normalized spacial score (nSPS) is 21.2. The SMILES string of the molecule is COc1cc(N2CCC3(CC2)CN(C2CN(C(=O)OC(C)(C)C)C2)C3)c(C)cc1[N+](=O)[O-]. The van der Waals surface area contributed by atoms with Crippen LogP contribution in [0.2, 0.25) is 0 Å². The van der Waals surface area contributed by atoms with Gasteiger partial charge >= 0.3 is 11.8 Å². The first-order chi connectivity index (χ1) is 15.0. The van der Waals surface area contributed by atoms with Gasteiger partial charge in [-0.15, -0.1) is 0 Å². The monoisotopic (exact) mass is 446 g/mol. The standard InChI is InChI=1S/C23H34N4O5/c1-16-10-19(27(29)30)20(31-5)11-18(16)24-8-6-23(7-9-24)14-26(15-23)17-12-25(13-17)21(28)32-22(2,3)4/h10-11,17H,6-9,12-15H2,1-5H3. The fourth-order valence-corrected chi connectivity index (χ4v) is 5.08. The molecule has 9 heteroatoms. The Hall–Kier alpha value is -2.55. The lowest BCUT2D eigenvalue weighted by molar-refractivity contribution is -0.385. The summed E-state index contributed by atoms with van der Waals surface area (Å²) in [6.07, 6.45) is 1.99. The van der Waals surface area contributed by atoms with Crippen LogP contribution < -0.4 is 9.64 Å². The molecule has 4 rings (SSSR count). The number of ether oxygens (including phenoxy) is 2. The molecule has 1 aromatic carbocycles. The molecule has 0 unspecified atom stereocenters. The Morgan fingerprint density at radius 1 is 1.19 bits per heavy atom. The molecular formula is C23H34N4O5. The molecule has 3 heterocycles. The number of piperidine rings is 1. The minimum atomic E-state index is -0.455. The van der Waals surface area contributed by atoms with Crippen LogP contribution in [-0.2, 0) is 4.74 Å². The topological polar surface area (TPSA) is 88.4 Å². The highest BCUT2D eigenvalue weighted by molar-refractivity contribution is 5.69. The van der Waals surface area contributed by atoms with Crippen LogP contribution in [0.25, 0.3) is 0 Å². The van der Waals surface area contributed by atoms with Crippen molar-refractivity contribution in [3.05, 3.63) is 27.8 Å². The van der Waals surface area contributed by atoms with Crippen LogP contribution in [-0.4, -0.2) is 78.8 Å². The molecule has 0 bridgehead atoms. The quantitative estimate of drug-likeness (QED) is 0.517. The number of carbonyl (C=O) groups excluding carboxylic acids is 1. The van der Waals surface area contributed by atoms with Crippen LogP contribution in [0.4, 0.5) is 16.2 Å². The van der Waals surface area contributed by atoms with Crippen LogP contribution >= 0.6 is 0 Å². The summed E-state index contributed by atoms with van der Waals surface area (Å²) in [6.45, 7) is 13.1. The third kappa shape index (κ3) is 4.35. The summed E-state index contributed by atoms with van der Waals surface area (Å²) in [5, 5.41) is 11.3. The molecule has 1 aromatic rings. The summed E-state index contributed by atoms with van der Waals surface area (Å²) >= 11 is 0. The van der Waals surface area contributed by atoms with E-state index in [1.807, 2.05) is 27.7 Å². The van der Waals surface area contributed by atoms with Gasteiger partial charge in [-0.2, -0.15) is 0 Å². The maximum absolute atomic E-state index is 12.1. The summed E-state index contributed by atoms with van der Waals surface area (Å²) in [6, 6.07) is 3.85. The van der Waals surface area contributed by atoms with E-state index in [1.165, 1.54) is 7.11 Å². The third-order valence-corrected chi connectivity index (χ3v) is 6.97. The van der Waals surface area contributed by atoms with Crippen molar-refractivity contribution in [3.8, 4) is 5.75 Å². The molecule has 3 saturated heterocycles. The Bertz CT molecular complexity index is 890. The first-order valence-electron chi connectivity index (χ1n) is 11.3. The Morgan fingerprint density at radius 3 is 2.34 bits per heavy atom. The van der Waals surface area contributed by atoms with E-state index in [0.29, 0.717) is 17.2 Å². The van der Waals surface area contributed by atoms with Crippen LogP contribution in [0.3, 0.4) is 0 Å². The Balaban J connectivity index is 1.28. The zero-order valence-electron chi connectivity index (χ0n) is 19.7. The molecule has 0 saturated carbocycles. The molecule has 176 valence electrons. The van der Waals surface area contributed by atoms with Crippen molar-refractivity contribution < 1.29 is 19.2 Å². The maximum atomic E-state index is 12.1. The molecule has 9 nitrogen and oxygen atoms in total. The number of rotatable bonds is 4. The van der Waals surface area contributed by atoms with E-state index in [1.54, 1.807) is 17.0 Å². The number of amides is 1. The lowest BCUT2D eigenvalue weighted by Gasteiger charge is -2.59. The Labute approximate surface area is 189 Å². The van der Waals surface area contributed by atoms with Crippen LogP contribution in [0, 0.1) is 22.5 Å². The first-order valence-corrected chi connectivity index (χ1v) is 11.3. The molecule has 1 spiro atoms. The minimum absolute atomic E-state index is 0.0118. The summed E-state index contributed by atoms with van der Waals surface area (Å²) in [5.41, 5.74) is 1.83. The number of nitro benzene ring substituents is 1. The molecule has 0 aromatic heterocycles. The fourth-order valence-electron chi connectivity index (χ4n) is 5.08. The molecule has 0 radical (unpaired) electrons. The van der Waals surface area contributed by atoms with E-state index in [9.17, 15) is 14.9 Å². The van der Waals surface area contributed by atoms with Gasteiger partial charge in [-0.25, -0.2) is 4.79 Å². The van der Waals surface area contributed by atoms with Gasteiger partial charge in [-0.1, -0.05) is 0 Å². The van der Waals surface area contributed by atoms with Crippen molar-refractivity contribution in [2.75, 3.05) is 51.3 Å². The summed E-state index contributed by atoms with van der Waals surface area (Å²) < 4.78 is 10.7. The second-order valence-electron chi connectivity index (χ2n) is 10.5. The van der Waals surface area contributed by atoms with Gasteiger partial charge in [0.05, 0.1) is 12.0 Å². The smallest absolute Gasteiger partial charge is 0.410 e. The van der Waals surface area contributed by atoms with E-state index < -0.39 is 10.5 Å². The van der Waals surface area contributed by atoms with Crippen molar-refractivity contribution in [1.29, 1.82) is 0 Å². The average molecular weight is 447 g/mol. The highest BCUT2D eigenvalue weighted by Crippen LogP contribution is 2.44. The zero-order chi connectivity index (χ0) is 23.3. The summed E-state index contributed by atoms with van der Waals surface area (Å²) in [5.74, 6) is 0.310. The molecule has 0 atom stereocenters. The molecular weight excluding hydrogens is 412 g/mol.